The molecule has 0 radical (unpaired) electrons. The summed E-state index contributed by atoms with van der Waals surface area (Å²) in [4.78, 5) is 23.3. The number of aromatic nitrogens is 1. The van der Waals surface area contributed by atoms with Crippen molar-refractivity contribution < 1.29 is 13.9 Å². The van der Waals surface area contributed by atoms with E-state index in [2.05, 4.69) is 5.32 Å². The van der Waals surface area contributed by atoms with Gasteiger partial charge in [-0.05, 0) is 36.8 Å². The highest BCUT2D eigenvalue weighted by molar-refractivity contribution is 5.78. The number of fused-ring (bicyclic) bond motifs is 1. The van der Waals surface area contributed by atoms with Gasteiger partial charge in [-0.1, -0.05) is 23.8 Å². The Bertz CT molecular complexity index is 922. The SMILES string of the molecule is Cc1ccc(OCC(=O)NCc2ccc3c(c2)oc(=O)n3C)cc1. The lowest BCUT2D eigenvalue weighted by Crippen LogP contribution is -2.28. The second-order valence-electron chi connectivity index (χ2n) is 5.61. The minimum Gasteiger partial charge on any atom is -0.484 e. The van der Waals surface area contributed by atoms with E-state index in [1.807, 2.05) is 37.3 Å². The summed E-state index contributed by atoms with van der Waals surface area (Å²) in [5.41, 5.74) is 3.21. The van der Waals surface area contributed by atoms with E-state index < -0.39 is 5.76 Å². The Morgan fingerprint density at radius 3 is 2.71 bits per heavy atom. The Balaban J connectivity index is 1.56. The van der Waals surface area contributed by atoms with E-state index >= 15 is 0 Å². The first kappa shape index (κ1) is 15.9. The summed E-state index contributed by atoms with van der Waals surface area (Å²) in [6.45, 7) is 2.28. The van der Waals surface area contributed by atoms with Crippen LogP contribution in [0.4, 0.5) is 0 Å². The molecule has 0 saturated heterocycles. The summed E-state index contributed by atoms with van der Waals surface area (Å²) < 4.78 is 12.0. The van der Waals surface area contributed by atoms with E-state index in [1.165, 1.54) is 4.57 Å². The zero-order valence-electron chi connectivity index (χ0n) is 13.5. The van der Waals surface area contributed by atoms with Gasteiger partial charge in [-0.25, -0.2) is 4.79 Å². The third kappa shape index (κ3) is 3.48. The number of ether oxygens (including phenoxy) is 1. The number of nitrogens with zero attached hydrogens (tertiary/aromatic N) is 1. The highest BCUT2D eigenvalue weighted by Crippen LogP contribution is 2.14. The normalized spacial score (nSPS) is 10.8. The lowest BCUT2D eigenvalue weighted by atomic mass is 10.2. The number of benzene rings is 2. The third-order valence-electron chi connectivity index (χ3n) is 3.74. The van der Waals surface area contributed by atoms with Crippen LogP contribution in [0.1, 0.15) is 11.1 Å². The van der Waals surface area contributed by atoms with Gasteiger partial charge in [0.25, 0.3) is 5.91 Å². The fraction of sp³-hybridized carbons (Fsp3) is 0.222. The Kier molecular flexibility index (Phi) is 4.37. The summed E-state index contributed by atoms with van der Waals surface area (Å²) in [5.74, 6) is 0.0334. The highest BCUT2D eigenvalue weighted by Gasteiger charge is 2.08. The molecule has 0 bridgehead atoms. The van der Waals surface area contributed by atoms with Crippen molar-refractivity contribution in [1.82, 2.24) is 9.88 Å². The van der Waals surface area contributed by atoms with Crippen LogP contribution in [-0.4, -0.2) is 17.1 Å². The van der Waals surface area contributed by atoms with Crippen molar-refractivity contribution in [3.8, 4) is 5.75 Å². The fourth-order valence-corrected chi connectivity index (χ4v) is 2.32. The lowest BCUT2D eigenvalue weighted by molar-refractivity contribution is -0.123. The Hall–Kier alpha value is -3.02. The number of nitrogens with one attached hydrogen (secondary N) is 1. The number of carbonyl (C=O) groups excluding carboxylic acids is 1. The first-order chi connectivity index (χ1) is 11.5. The Morgan fingerprint density at radius 1 is 1.21 bits per heavy atom. The van der Waals surface area contributed by atoms with Crippen molar-refractivity contribution in [3.05, 3.63) is 64.1 Å². The van der Waals surface area contributed by atoms with Crippen molar-refractivity contribution in [2.45, 2.75) is 13.5 Å². The molecule has 0 atom stereocenters. The maximum atomic E-state index is 11.9. The summed E-state index contributed by atoms with van der Waals surface area (Å²) in [5, 5.41) is 2.78. The van der Waals surface area contributed by atoms with E-state index in [9.17, 15) is 9.59 Å². The maximum Gasteiger partial charge on any atom is 0.419 e. The standard InChI is InChI=1S/C18H18N2O4/c1-12-3-6-14(7-4-12)23-11-17(21)19-10-13-5-8-15-16(9-13)24-18(22)20(15)2/h3-9H,10-11H2,1-2H3,(H,19,21). The Morgan fingerprint density at radius 2 is 1.96 bits per heavy atom. The first-order valence-corrected chi connectivity index (χ1v) is 7.57. The van der Waals surface area contributed by atoms with Gasteiger partial charge in [0.05, 0.1) is 5.52 Å². The summed E-state index contributed by atoms with van der Waals surface area (Å²) in [7, 11) is 1.65. The van der Waals surface area contributed by atoms with Crippen molar-refractivity contribution in [2.24, 2.45) is 7.05 Å². The van der Waals surface area contributed by atoms with Crippen LogP contribution in [-0.2, 0) is 18.4 Å². The average Bonchev–Trinajstić information content (AvgIpc) is 2.86. The van der Waals surface area contributed by atoms with E-state index in [4.69, 9.17) is 9.15 Å². The number of hydrogen-bond acceptors (Lipinski definition) is 4. The van der Waals surface area contributed by atoms with Crippen molar-refractivity contribution in [2.75, 3.05) is 6.61 Å². The van der Waals surface area contributed by atoms with Gasteiger partial charge in [0, 0.05) is 13.6 Å². The molecule has 0 spiro atoms. The molecule has 0 saturated carbocycles. The molecule has 1 amide bonds. The van der Waals surface area contributed by atoms with Crippen LogP contribution in [0.2, 0.25) is 0 Å². The van der Waals surface area contributed by atoms with E-state index in [0.717, 1.165) is 16.6 Å². The van der Waals surface area contributed by atoms with E-state index in [1.54, 1.807) is 19.2 Å². The molecule has 0 aliphatic heterocycles. The van der Waals surface area contributed by atoms with Crippen LogP contribution in [0.25, 0.3) is 11.1 Å². The maximum absolute atomic E-state index is 11.9. The van der Waals surface area contributed by atoms with E-state index in [0.29, 0.717) is 17.9 Å². The second kappa shape index (κ2) is 6.62. The zero-order valence-corrected chi connectivity index (χ0v) is 13.5. The molecular formula is C18H18N2O4. The molecular weight excluding hydrogens is 308 g/mol. The minimum absolute atomic E-state index is 0.0499. The number of oxazole rings is 1. The molecule has 2 aromatic carbocycles. The number of amides is 1. The summed E-state index contributed by atoms with van der Waals surface area (Å²) >= 11 is 0. The predicted molar refractivity (Wildman–Crippen MR) is 90.0 cm³/mol. The average molecular weight is 326 g/mol. The van der Waals surface area contributed by atoms with Crippen molar-refractivity contribution in [3.63, 3.8) is 0 Å². The number of rotatable bonds is 5. The first-order valence-electron chi connectivity index (χ1n) is 7.57. The van der Waals surface area contributed by atoms with Crippen molar-refractivity contribution >= 4 is 17.0 Å². The molecule has 3 rings (SSSR count). The molecule has 6 nitrogen and oxygen atoms in total. The van der Waals surface area contributed by atoms with Crippen LogP contribution < -0.4 is 15.8 Å². The van der Waals surface area contributed by atoms with Crippen LogP contribution in [0.3, 0.4) is 0 Å². The van der Waals surface area contributed by atoms with Gasteiger partial charge in [0.15, 0.2) is 12.2 Å². The Labute approximate surface area is 138 Å². The second-order valence-corrected chi connectivity index (χ2v) is 5.61. The van der Waals surface area contributed by atoms with Gasteiger partial charge in [0.1, 0.15) is 5.75 Å². The molecule has 1 heterocycles. The van der Waals surface area contributed by atoms with Gasteiger partial charge in [-0.2, -0.15) is 0 Å². The summed E-state index contributed by atoms with van der Waals surface area (Å²) in [6.07, 6.45) is 0. The smallest absolute Gasteiger partial charge is 0.419 e. The molecule has 1 N–H and O–H groups in total. The third-order valence-corrected chi connectivity index (χ3v) is 3.74. The molecule has 0 aliphatic rings. The van der Waals surface area contributed by atoms with Crippen LogP contribution >= 0.6 is 0 Å². The van der Waals surface area contributed by atoms with Crippen LogP contribution in [0.5, 0.6) is 5.75 Å². The van der Waals surface area contributed by atoms with Gasteiger partial charge in [-0.15, -0.1) is 0 Å². The van der Waals surface area contributed by atoms with Crippen LogP contribution in [0.15, 0.2) is 51.7 Å². The molecule has 0 unspecified atom stereocenters. The molecule has 124 valence electrons. The number of hydrogen-bond donors (Lipinski definition) is 1. The molecule has 1 aromatic heterocycles. The topological polar surface area (TPSA) is 73.5 Å². The molecule has 6 heteroatoms. The van der Waals surface area contributed by atoms with Gasteiger partial charge in [0.2, 0.25) is 0 Å². The lowest BCUT2D eigenvalue weighted by Gasteiger charge is -2.08. The van der Waals surface area contributed by atoms with Gasteiger partial charge in [-0.3, -0.25) is 9.36 Å². The molecule has 24 heavy (non-hydrogen) atoms. The highest BCUT2D eigenvalue weighted by atomic mass is 16.5. The number of aryl methyl sites for hydroxylation is 2. The monoisotopic (exact) mass is 326 g/mol. The quantitative estimate of drug-likeness (QED) is 0.779. The summed E-state index contributed by atoms with van der Waals surface area (Å²) in [6, 6.07) is 12.9. The molecule has 0 aliphatic carbocycles. The predicted octanol–water partition coefficient (Wildman–Crippen LogP) is 2.14. The number of carbonyl (C=O) groups is 1. The van der Waals surface area contributed by atoms with Gasteiger partial charge >= 0.3 is 5.76 Å². The minimum atomic E-state index is -0.405. The van der Waals surface area contributed by atoms with E-state index in [-0.39, 0.29) is 12.5 Å². The largest absolute Gasteiger partial charge is 0.484 e. The van der Waals surface area contributed by atoms with Crippen LogP contribution in [0, 0.1) is 6.92 Å². The van der Waals surface area contributed by atoms with Gasteiger partial charge < -0.3 is 14.5 Å². The molecule has 3 aromatic rings. The fourth-order valence-electron chi connectivity index (χ4n) is 2.32. The van der Waals surface area contributed by atoms with Crippen molar-refractivity contribution in [1.29, 1.82) is 0 Å². The molecule has 0 fully saturated rings. The zero-order chi connectivity index (χ0) is 17.1.